The van der Waals surface area contributed by atoms with Gasteiger partial charge >= 0.3 is 0 Å². The number of aromatic nitrogens is 1. The van der Waals surface area contributed by atoms with Crippen molar-refractivity contribution in [2.75, 3.05) is 0 Å². The Morgan fingerprint density at radius 3 is 2.92 bits per heavy atom. The summed E-state index contributed by atoms with van der Waals surface area (Å²) in [6.45, 7) is 3.96. The van der Waals surface area contributed by atoms with Gasteiger partial charge in [0.1, 0.15) is 0 Å². The van der Waals surface area contributed by atoms with Crippen LogP contribution in [0.25, 0.3) is 11.0 Å². The number of benzene rings is 1. The van der Waals surface area contributed by atoms with Gasteiger partial charge in [-0.05, 0) is 12.1 Å². The summed E-state index contributed by atoms with van der Waals surface area (Å²) in [6.07, 6.45) is 1.63. The van der Waals surface area contributed by atoms with E-state index in [0.717, 1.165) is 0 Å². The summed E-state index contributed by atoms with van der Waals surface area (Å²) in [7, 11) is 0. The van der Waals surface area contributed by atoms with Crippen molar-refractivity contribution in [1.82, 2.24) is 4.74 Å². The standard InChI is InChI=1S/C10H9NO2/c1-2-7-11-10(12)8-5-3-4-6-9(8)13-11/h2-6H,1,7H2. The third kappa shape index (κ3) is 1.18. The highest BCUT2D eigenvalue weighted by molar-refractivity contribution is 5.75. The van der Waals surface area contributed by atoms with E-state index in [0.29, 0.717) is 17.5 Å². The van der Waals surface area contributed by atoms with Crippen molar-refractivity contribution in [2.45, 2.75) is 6.54 Å². The van der Waals surface area contributed by atoms with E-state index in [-0.39, 0.29) is 5.56 Å². The van der Waals surface area contributed by atoms with Crippen LogP contribution in [-0.4, -0.2) is 4.74 Å². The van der Waals surface area contributed by atoms with Crippen LogP contribution in [0.3, 0.4) is 0 Å². The van der Waals surface area contributed by atoms with Crippen LogP contribution in [0.5, 0.6) is 0 Å². The minimum Gasteiger partial charge on any atom is -0.375 e. The highest BCUT2D eigenvalue weighted by atomic mass is 16.5. The average Bonchev–Trinajstić information content (AvgIpc) is 2.46. The molecule has 3 nitrogen and oxygen atoms in total. The summed E-state index contributed by atoms with van der Waals surface area (Å²) in [5, 5.41) is 0.615. The zero-order valence-electron chi connectivity index (χ0n) is 7.06. The van der Waals surface area contributed by atoms with Crippen LogP contribution >= 0.6 is 0 Å². The number of rotatable bonds is 2. The molecular weight excluding hydrogens is 166 g/mol. The summed E-state index contributed by atoms with van der Waals surface area (Å²) >= 11 is 0. The first-order chi connectivity index (χ1) is 6.33. The van der Waals surface area contributed by atoms with E-state index in [4.69, 9.17) is 4.52 Å². The van der Waals surface area contributed by atoms with E-state index >= 15 is 0 Å². The molecule has 0 atom stereocenters. The predicted octanol–water partition coefficient (Wildman–Crippen LogP) is 1.78. The van der Waals surface area contributed by atoms with Crippen LogP contribution in [0, 0.1) is 0 Å². The molecule has 0 aliphatic carbocycles. The van der Waals surface area contributed by atoms with Crippen LogP contribution in [0.15, 0.2) is 46.2 Å². The number of fused-ring (bicyclic) bond motifs is 1. The molecule has 0 radical (unpaired) electrons. The molecular formula is C10H9NO2. The molecule has 13 heavy (non-hydrogen) atoms. The predicted molar refractivity (Wildman–Crippen MR) is 50.7 cm³/mol. The fourth-order valence-corrected chi connectivity index (χ4v) is 1.25. The Hall–Kier alpha value is -1.77. The lowest BCUT2D eigenvalue weighted by atomic mass is 10.3. The molecule has 1 aromatic heterocycles. The van der Waals surface area contributed by atoms with Crippen molar-refractivity contribution in [3.8, 4) is 0 Å². The van der Waals surface area contributed by atoms with Gasteiger partial charge in [-0.15, -0.1) is 6.58 Å². The Morgan fingerprint density at radius 1 is 1.46 bits per heavy atom. The third-order valence-corrected chi connectivity index (χ3v) is 1.85. The normalized spacial score (nSPS) is 10.5. The van der Waals surface area contributed by atoms with Gasteiger partial charge in [-0.2, -0.15) is 4.74 Å². The summed E-state index contributed by atoms with van der Waals surface area (Å²) in [4.78, 5) is 11.5. The Kier molecular flexibility index (Phi) is 1.77. The molecule has 0 aliphatic heterocycles. The SMILES string of the molecule is C=CCn1oc2ccccc2c1=O. The topological polar surface area (TPSA) is 35.1 Å². The maximum atomic E-state index is 11.5. The molecule has 0 spiro atoms. The van der Waals surface area contributed by atoms with Gasteiger partial charge in [0.15, 0.2) is 5.58 Å². The minimum atomic E-state index is -0.101. The van der Waals surface area contributed by atoms with Gasteiger partial charge in [0.2, 0.25) is 0 Å². The zero-order chi connectivity index (χ0) is 9.26. The molecule has 0 amide bonds. The number of hydrogen-bond acceptors (Lipinski definition) is 2. The summed E-state index contributed by atoms with van der Waals surface area (Å²) in [5.41, 5.74) is 0.518. The van der Waals surface area contributed by atoms with Gasteiger partial charge in [0.25, 0.3) is 5.56 Å². The van der Waals surface area contributed by atoms with Crippen molar-refractivity contribution in [1.29, 1.82) is 0 Å². The maximum absolute atomic E-state index is 11.5. The number of allylic oxidation sites excluding steroid dienone is 1. The molecule has 3 heteroatoms. The Morgan fingerprint density at radius 2 is 2.23 bits per heavy atom. The van der Waals surface area contributed by atoms with Gasteiger partial charge < -0.3 is 4.52 Å². The van der Waals surface area contributed by atoms with Gasteiger partial charge in [-0.25, -0.2) is 0 Å². The molecule has 1 aromatic carbocycles. The van der Waals surface area contributed by atoms with E-state index in [2.05, 4.69) is 6.58 Å². The lowest BCUT2D eigenvalue weighted by Gasteiger charge is -1.89. The van der Waals surface area contributed by atoms with Crippen molar-refractivity contribution in [2.24, 2.45) is 0 Å². The number of nitrogens with zero attached hydrogens (tertiary/aromatic N) is 1. The quantitative estimate of drug-likeness (QED) is 0.652. The van der Waals surface area contributed by atoms with E-state index in [1.165, 1.54) is 4.74 Å². The van der Waals surface area contributed by atoms with Crippen molar-refractivity contribution in [3.63, 3.8) is 0 Å². The number of para-hydroxylation sites is 1. The fourth-order valence-electron chi connectivity index (χ4n) is 1.25. The van der Waals surface area contributed by atoms with Crippen LogP contribution in [0.2, 0.25) is 0 Å². The van der Waals surface area contributed by atoms with Gasteiger partial charge in [0, 0.05) is 0 Å². The van der Waals surface area contributed by atoms with E-state index in [1.54, 1.807) is 18.2 Å². The van der Waals surface area contributed by atoms with E-state index in [9.17, 15) is 4.79 Å². The Balaban J connectivity index is 2.74. The smallest absolute Gasteiger partial charge is 0.290 e. The second-order valence-corrected chi connectivity index (χ2v) is 2.74. The highest BCUT2D eigenvalue weighted by Crippen LogP contribution is 2.08. The molecule has 1 heterocycles. The minimum absolute atomic E-state index is 0.101. The molecule has 0 saturated carbocycles. The van der Waals surface area contributed by atoms with Crippen molar-refractivity contribution in [3.05, 3.63) is 47.3 Å². The van der Waals surface area contributed by atoms with E-state index < -0.39 is 0 Å². The fraction of sp³-hybridized carbons (Fsp3) is 0.100. The summed E-state index contributed by atoms with van der Waals surface area (Å²) in [5.74, 6) is 0. The van der Waals surface area contributed by atoms with Crippen LogP contribution in [-0.2, 0) is 6.54 Å². The molecule has 2 rings (SSSR count). The second kappa shape index (κ2) is 2.94. The molecule has 0 bridgehead atoms. The molecule has 0 fully saturated rings. The monoisotopic (exact) mass is 175 g/mol. The molecule has 0 aliphatic rings. The molecule has 2 aromatic rings. The average molecular weight is 175 g/mol. The number of hydrogen-bond donors (Lipinski definition) is 0. The molecule has 0 saturated heterocycles. The Labute approximate surface area is 74.9 Å². The lowest BCUT2D eigenvalue weighted by molar-refractivity contribution is 0.304. The molecule has 0 N–H and O–H groups in total. The van der Waals surface area contributed by atoms with Gasteiger partial charge in [-0.3, -0.25) is 4.79 Å². The van der Waals surface area contributed by atoms with Crippen LogP contribution in [0.1, 0.15) is 0 Å². The van der Waals surface area contributed by atoms with Gasteiger partial charge in [-0.1, -0.05) is 18.2 Å². The third-order valence-electron chi connectivity index (χ3n) is 1.85. The Bertz CT molecular complexity index is 493. The van der Waals surface area contributed by atoms with Crippen molar-refractivity contribution >= 4 is 11.0 Å². The van der Waals surface area contributed by atoms with Crippen LogP contribution in [0.4, 0.5) is 0 Å². The first-order valence-corrected chi connectivity index (χ1v) is 4.02. The highest BCUT2D eigenvalue weighted by Gasteiger charge is 2.05. The summed E-state index contributed by atoms with van der Waals surface area (Å²) < 4.78 is 6.56. The summed E-state index contributed by atoms with van der Waals surface area (Å²) in [6, 6.07) is 7.18. The first-order valence-electron chi connectivity index (χ1n) is 4.02. The molecule has 0 unspecified atom stereocenters. The first kappa shape index (κ1) is 7.86. The van der Waals surface area contributed by atoms with Gasteiger partial charge in [0.05, 0.1) is 11.9 Å². The molecule has 66 valence electrons. The van der Waals surface area contributed by atoms with E-state index in [1.807, 2.05) is 12.1 Å². The second-order valence-electron chi connectivity index (χ2n) is 2.74. The van der Waals surface area contributed by atoms with Crippen molar-refractivity contribution < 1.29 is 4.52 Å². The zero-order valence-corrected chi connectivity index (χ0v) is 7.06. The lowest BCUT2D eigenvalue weighted by Crippen LogP contribution is -2.12. The largest absolute Gasteiger partial charge is 0.375 e. The maximum Gasteiger partial charge on any atom is 0.290 e. The van der Waals surface area contributed by atoms with Crippen LogP contribution < -0.4 is 5.56 Å².